The Morgan fingerprint density at radius 1 is 0.759 bits per heavy atom. The highest BCUT2D eigenvalue weighted by Gasteiger charge is 2.29. The number of allylic oxidation sites excluding steroid dienone is 6. The molecule has 29 heavy (non-hydrogen) atoms. The highest BCUT2D eigenvalue weighted by Crippen LogP contribution is 2.68. The maximum atomic E-state index is 3.72. The van der Waals surface area contributed by atoms with E-state index in [-0.39, 0.29) is 0 Å². The minimum atomic E-state index is -1.39. The van der Waals surface area contributed by atoms with Crippen LogP contribution in [0.25, 0.3) is 0 Å². The molecule has 1 aliphatic rings. The zero-order valence-corrected chi connectivity index (χ0v) is 19.4. The second-order valence-corrected chi connectivity index (χ2v) is 11.4. The number of anilines is 2. The molecule has 1 unspecified atom stereocenters. The molecule has 3 aromatic rings. The Morgan fingerprint density at radius 2 is 1.45 bits per heavy atom. The molecule has 1 nitrogen and oxygen atoms in total. The minimum Gasteiger partial charge on any atom is -0.354 e. The predicted molar refractivity (Wildman–Crippen MR) is 136 cm³/mol. The van der Waals surface area contributed by atoms with Crippen molar-refractivity contribution >= 4 is 44.0 Å². The zero-order valence-electron chi connectivity index (χ0n) is 16.4. The third-order valence-electron chi connectivity index (χ3n) is 5.17. The summed E-state index contributed by atoms with van der Waals surface area (Å²) in [6.45, 7) is 0. The van der Waals surface area contributed by atoms with Gasteiger partial charge >= 0.3 is 0 Å². The molecule has 3 heteroatoms. The van der Waals surface area contributed by atoms with Crippen LogP contribution in [-0.2, 0) is 0 Å². The van der Waals surface area contributed by atoms with Gasteiger partial charge in [0.05, 0.1) is 11.4 Å². The lowest BCUT2D eigenvalue weighted by molar-refractivity contribution is 1.29. The van der Waals surface area contributed by atoms with Crippen molar-refractivity contribution < 1.29 is 0 Å². The molecule has 3 aromatic carbocycles. The van der Waals surface area contributed by atoms with Crippen LogP contribution in [0.3, 0.4) is 0 Å². The molecule has 4 rings (SSSR count). The van der Waals surface area contributed by atoms with Crippen molar-refractivity contribution in [3.8, 4) is 0 Å². The summed E-state index contributed by atoms with van der Waals surface area (Å²) in [5.74, 6) is 0. The summed E-state index contributed by atoms with van der Waals surface area (Å²) < 4.78 is 1.22. The van der Waals surface area contributed by atoms with E-state index < -0.39 is 10.0 Å². The molecule has 146 valence electrons. The smallest absolute Gasteiger partial charge is 0.0520 e. The molecule has 0 spiro atoms. The molecule has 0 saturated heterocycles. The van der Waals surface area contributed by atoms with Gasteiger partial charge in [0.2, 0.25) is 0 Å². The molecule has 0 radical (unpaired) electrons. The SMILES string of the molecule is CS(C1=CC=CC=CC1)(c1ccccc1)c1ccccc1Nc1ccccc1I. The number of benzene rings is 3. The number of halogens is 1. The Labute approximate surface area is 188 Å². The van der Waals surface area contributed by atoms with E-state index in [2.05, 4.69) is 143 Å². The van der Waals surface area contributed by atoms with Crippen molar-refractivity contribution in [2.75, 3.05) is 11.6 Å². The highest BCUT2D eigenvalue weighted by molar-refractivity contribution is 14.1. The molecule has 1 aliphatic carbocycles. The molecule has 0 amide bonds. The lowest BCUT2D eigenvalue weighted by atomic mass is 10.2. The molecule has 0 aliphatic heterocycles. The number of rotatable bonds is 5. The number of nitrogens with one attached hydrogen (secondary N) is 1. The van der Waals surface area contributed by atoms with Gasteiger partial charge in [-0.3, -0.25) is 0 Å². The van der Waals surface area contributed by atoms with Crippen molar-refractivity contribution in [3.63, 3.8) is 0 Å². The van der Waals surface area contributed by atoms with Crippen molar-refractivity contribution in [2.45, 2.75) is 16.2 Å². The van der Waals surface area contributed by atoms with Crippen LogP contribution < -0.4 is 5.32 Å². The first-order valence-corrected chi connectivity index (χ1v) is 12.8. The van der Waals surface area contributed by atoms with Crippen molar-refractivity contribution in [1.29, 1.82) is 0 Å². The third-order valence-corrected chi connectivity index (χ3v) is 9.91. The molecule has 0 bridgehead atoms. The molecule has 0 fully saturated rings. The topological polar surface area (TPSA) is 12.0 Å². The van der Waals surface area contributed by atoms with Crippen LogP contribution in [0.4, 0.5) is 11.4 Å². The van der Waals surface area contributed by atoms with Gasteiger partial charge in [0.1, 0.15) is 0 Å². The average molecular weight is 509 g/mol. The summed E-state index contributed by atoms with van der Waals surface area (Å²) in [5, 5.41) is 3.72. The van der Waals surface area contributed by atoms with Gasteiger partial charge < -0.3 is 5.32 Å². The summed E-state index contributed by atoms with van der Waals surface area (Å²) in [6, 6.07) is 28.2. The summed E-state index contributed by atoms with van der Waals surface area (Å²) in [5.41, 5.74) is 2.32. The summed E-state index contributed by atoms with van der Waals surface area (Å²) in [6.07, 6.45) is 14.4. The maximum absolute atomic E-state index is 3.72. The Morgan fingerprint density at radius 3 is 2.24 bits per heavy atom. The van der Waals surface area contributed by atoms with Gasteiger partial charge in [-0.15, -0.1) is 0 Å². The summed E-state index contributed by atoms with van der Waals surface area (Å²) >= 11 is 2.39. The monoisotopic (exact) mass is 509 g/mol. The highest BCUT2D eigenvalue weighted by atomic mass is 127. The Bertz CT molecular complexity index is 1080. The standard InChI is InChI=1S/C26H24INS/c1-29(22-15-7-4-8-16-22,21-13-5-2-3-6-14-21)26-20-12-11-19-25(26)28-24-18-10-9-17-23(24)27/h2-13,15-20,28H,14H2,1H3. The van der Waals surface area contributed by atoms with E-state index in [0.717, 1.165) is 12.1 Å². The van der Waals surface area contributed by atoms with E-state index >= 15 is 0 Å². The fourth-order valence-electron chi connectivity index (χ4n) is 3.61. The van der Waals surface area contributed by atoms with Crippen LogP contribution >= 0.6 is 32.6 Å². The molecule has 0 heterocycles. The Hall–Kier alpha value is -2.24. The van der Waals surface area contributed by atoms with Gasteiger partial charge in [0, 0.05) is 8.47 Å². The molecular weight excluding hydrogens is 485 g/mol. The van der Waals surface area contributed by atoms with Crippen LogP contribution in [-0.4, -0.2) is 6.26 Å². The van der Waals surface area contributed by atoms with Crippen LogP contribution in [0.15, 0.2) is 124 Å². The lowest BCUT2D eigenvalue weighted by Crippen LogP contribution is -2.07. The Kier molecular flexibility index (Phi) is 6.26. The molecule has 1 N–H and O–H groups in total. The van der Waals surface area contributed by atoms with Crippen LogP contribution in [0, 0.1) is 3.57 Å². The minimum absolute atomic E-state index is 0.963. The molecule has 0 aromatic heterocycles. The Balaban J connectivity index is 1.89. The molecule has 0 saturated carbocycles. The number of para-hydroxylation sites is 2. The lowest BCUT2D eigenvalue weighted by Gasteiger charge is -2.40. The fourth-order valence-corrected chi connectivity index (χ4v) is 7.36. The van der Waals surface area contributed by atoms with Gasteiger partial charge in [-0.05, 0) is 81.5 Å². The second-order valence-electron chi connectivity index (χ2n) is 6.98. The van der Waals surface area contributed by atoms with E-state index in [9.17, 15) is 0 Å². The average Bonchev–Trinajstić information content (AvgIpc) is 3.06. The first-order chi connectivity index (χ1) is 14.2. The van der Waals surface area contributed by atoms with E-state index in [1.54, 1.807) is 0 Å². The van der Waals surface area contributed by atoms with Crippen molar-refractivity contribution in [3.05, 3.63) is 118 Å². The molecule has 1 atom stereocenters. The first kappa shape index (κ1) is 20.0. The van der Waals surface area contributed by atoms with E-state index in [1.165, 1.54) is 24.0 Å². The van der Waals surface area contributed by atoms with Gasteiger partial charge in [0.15, 0.2) is 0 Å². The zero-order chi connectivity index (χ0) is 20.1. The largest absolute Gasteiger partial charge is 0.354 e. The maximum Gasteiger partial charge on any atom is 0.0520 e. The normalized spacial score (nSPS) is 16.4. The van der Waals surface area contributed by atoms with Crippen molar-refractivity contribution in [1.82, 2.24) is 0 Å². The number of hydrogen-bond donors (Lipinski definition) is 1. The fraction of sp³-hybridized carbons (Fsp3) is 0.0769. The molecular formula is C26H24INS. The number of hydrogen-bond acceptors (Lipinski definition) is 1. The van der Waals surface area contributed by atoms with Gasteiger partial charge in [-0.2, -0.15) is 10.0 Å². The van der Waals surface area contributed by atoms with Gasteiger partial charge in [0.25, 0.3) is 0 Å². The van der Waals surface area contributed by atoms with Crippen LogP contribution in [0.2, 0.25) is 0 Å². The van der Waals surface area contributed by atoms with Gasteiger partial charge in [-0.25, -0.2) is 0 Å². The third kappa shape index (κ3) is 4.21. The van der Waals surface area contributed by atoms with E-state index in [0.29, 0.717) is 0 Å². The van der Waals surface area contributed by atoms with Crippen molar-refractivity contribution in [2.24, 2.45) is 0 Å². The second kappa shape index (κ2) is 9.06. The van der Waals surface area contributed by atoms with Crippen LogP contribution in [0.5, 0.6) is 0 Å². The first-order valence-electron chi connectivity index (χ1n) is 9.66. The van der Waals surface area contributed by atoms with Crippen LogP contribution in [0.1, 0.15) is 6.42 Å². The quantitative estimate of drug-likeness (QED) is 0.341. The summed E-state index contributed by atoms with van der Waals surface area (Å²) in [7, 11) is -1.39. The predicted octanol–water partition coefficient (Wildman–Crippen LogP) is 8.29. The van der Waals surface area contributed by atoms with E-state index in [4.69, 9.17) is 0 Å². The van der Waals surface area contributed by atoms with Gasteiger partial charge in [-0.1, -0.05) is 72.8 Å². The summed E-state index contributed by atoms with van der Waals surface area (Å²) in [4.78, 5) is 4.21. The van der Waals surface area contributed by atoms with E-state index in [1.807, 2.05) is 0 Å².